The van der Waals surface area contributed by atoms with Gasteiger partial charge >= 0.3 is 0 Å². The molecule has 0 aliphatic heterocycles. The summed E-state index contributed by atoms with van der Waals surface area (Å²) in [7, 11) is 0. The number of rotatable bonds is 1. The van der Waals surface area contributed by atoms with Crippen LogP contribution in [0.5, 0.6) is 5.75 Å². The van der Waals surface area contributed by atoms with Gasteiger partial charge in [-0.25, -0.2) is 4.98 Å². The molecule has 0 aliphatic carbocycles. The molecule has 0 amide bonds. The van der Waals surface area contributed by atoms with Gasteiger partial charge in [0.15, 0.2) is 0 Å². The second-order valence-electron chi connectivity index (χ2n) is 3.85. The quantitative estimate of drug-likeness (QED) is 0.720. The molecule has 0 fully saturated rings. The molecule has 2 aromatic heterocycles. The predicted molar refractivity (Wildman–Crippen MR) is 71.4 cm³/mol. The van der Waals surface area contributed by atoms with Gasteiger partial charge in [-0.05, 0) is 36.4 Å². The average Bonchev–Trinajstić information content (AvgIpc) is 2.87. The van der Waals surface area contributed by atoms with Crippen LogP contribution < -0.4 is 0 Å². The fourth-order valence-corrected chi connectivity index (χ4v) is 2.56. The highest BCUT2D eigenvalue weighted by Crippen LogP contribution is 2.28. The number of benzene rings is 1. The van der Waals surface area contributed by atoms with Crippen molar-refractivity contribution in [2.24, 2.45) is 0 Å². The molecule has 86 valence electrons. The standard InChI is InChI=1S/C14H8N2OS/c15-8-11-3-6-14(18-11)13-4-1-9-7-10(17)2-5-12(9)16-13/h1-7,17H. The van der Waals surface area contributed by atoms with Crippen molar-refractivity contribution in [2.45, 2.75) is 0 Å². The van der Waals surface area contributed by atoms with E-state index in [4.69, 9.17) is 5.26 Å². The van der Waals surface area contributed by atoms with E-state index in [0.29, 0.717) is 4.88 Å². The zero-order valence-corrected chi connectivity index (χ0v) is 10.1. The van der Waals surface area contributed by atoms with Crippen LogP contribution >= 0.6 is 11.3 Å². The third-order valence-corrected chi connectivity index (χ3v) is 3.65. The molecule has 0 spiro atoms. The Morgan fingerprint density at radius 1 is 1.11 bits per heavy atom. The van der Waals surface area contributed by atoms with Gasteiger partial charge in [0.1, 0.15) is 16.7 Å². The van der Waals surface area contributed by atoms with E-state index in [1.165, 1.54) is 11.3 Å². The number of hydrogen-bond acceptors (Lipinski definition) is 4. The normalized spacial score (nSPS) is 10.4. The number of phenolic OH excluding ortho intramolecular Hbond substituents is 1. The number of nitrogens with zero attached hydrogens (tertiary/aromatic N) is 2. The van der Waals surface area contributed by atoms with Crippen molar-refractivity contribution in [1.29, 1.82) is 5.26 Å². The van der Waals surface area contributed by atoms with E-state index in [2.05, 4.69) is 11.1 Å². The Morgan fingerprint density at radius 3 is 2.78 bits per heavy atom. The van der Waals surface area contributed by atoms with Crippen molar-refractivity contribution < 1.29 is 5.11 Å². The molecule has 0 saturated heterocycles. The van der Waals surface area contributed by atoms with Gasteiger partial charge in [-0.3, -0.25) is 0 Å². The van der Waals surface area contributed by atoms with Crippen LogP contribution in [0, 0.1) is 11.3 Å². The lowest BCUT2D eigenvalue weighted by molar-refractivity contribution is 0.476. The lowest BCUT2D eigenvalue weighted by Gasteiger charge is -2.01. The minimum absolute atomic E-state index is 0.236. The molecule has 0 saturated carbocycles. The van der Waals surface area contributed by atoms with E-state index in [1.54, 1.807) is 24.3 Å². The third-order valence-electron chi connectivity index (χ3n) is 2.64. The highest BCUT2D eigenvalue weighted by Gasteiger charge is 2.05. The molecule has 0 bridgehead atoms. The van der Waals surface area contributed by atoms with Crippen LogP contribution in [-0.2, 0) is 0 Å². The molecule has 0 atom stereocenters. The zero-order valence-electron chi connectivity index (χ0n) is 9.29. The number of pyridine rings is 1. The van der Waals surface area contributed by atoms with Crippen LogP contribution in [0.3, 0.4) is 0 Å². The van der Waals surface area contributed by atoms with E-state index >= 15 is 0 Å². The van der Waals surface area contributed by atoms with E-state index in [0.717, 1.165) is 21.5 Å². The number of thiophene rings is 1. The second kappa shape index (κ2) is 4.13. The first-order valence-electron chi connectivity index (χ1n) is 5.36. The van der Waals surface area contributed by atoms with E-state index in [9.17, 15) is 5.11 Å². The molecule has 2 heterocycles. The Balaban J connectivity index is 2.13. The first-order valence-corrected chi connectivity index (χ1v) is 6.18. The summed E-state index contributed by atoms with van der Waals surface area (Å²) in [6.07, 6.45) is 0. The molecule has 4 heteroatoms. The molecule has 1 N–H and O–H groups in total. The Morgan fingerprint density at radius 2 is 2.00 bits per heavy atom. The minimum Gasteiger partial charge on any atom is -0.508 e. The van der Waals surface area contributed by atoms with Crippen molar-refractivity contribution in [3.8, 4) is 22.4 Å². The monoisotopic (exact) mass is 252 g/mol. The van der Waals surface area contributed by atoms with Gasteiger partial charge in [0.25, 0.3) is 0 Å². The number of phenols is 1. The maximum absolute atomic E-state index is 9.39. The van der Waals surface area contributed by atoms with Gasteiger partial charge in [-0.2, -0.15) is 5.26 Å². The van der Waals surface area contributed by atoms with Gasteiger partial charge < -0.3 is 5.11 Å². The largest absolute Gasteiger partial charge is 0.508 e. The summed E-state index contributed by atoms with van der Waals surface area (Å²) in [5.74, 6) is 0.236. The van der Waals surface area contributed by atoms with Gasteiger partial charge in [-0.15, -0.1) is 11.3 Å². The Hall–Kier alpha value is -2.38. The summed E-state index contributed by atoms with van der Waals surface area (Å²) in [5.41, 5.74) is 1.68. The minimum atomic E-state index is 0.236. The second-order valence-corrected chi connectivity index (χ2v) is 4.93. The van der Waals surface area contributed by atoms with Crippen LogP contribution in [0.15, 0.2) is 42.5 Å². The summed E-state index contributed by atoms with van der Waals surface area (Å²) in [5, 5.41) is 19.1. The van der Waals surface area contributed by atoms with E-state index in [1.807, 2.05) is 18.2 Å². The van der Waals surface area contributed by atoms with Crippen LogP contribution in [-0.4, -0.2) is 10.1 Å². The molecule has 0 unspecified atom stereocenters. The average molecular weight is 252 g/mol. The number of aromatic nitrogens is 1. The lowest BCUT2D eigenvalue weighted by Crippen LogP contribution is -1.82. The van der Waals surface area contributed by atoms with Gasteiger partial charge in [-0.1, -0.05) is 6.07 Å². The molecule has 3 rings (SSSR count). The molecule has 18 heavy (non-hydrogen) atoms. The Labute approximate surface area is 108 Å². The highest BCUT2D eigenvalue weighted by molar-refractivity contribution is 7.15. The van der Waals surface area contributed by atoms with Gasteiger partial charge in [0.05, 0.1) is 16.1 Å². The summed E-state index contributed by atoms with van der Waals surface area (Å²) >= 11 is 1.42. The van der Waals surface area contributed by atoms with Crippen LogP contribution in [0.1, 0.15) is 4.88 Å². The van der Waals surface area contributed by atoms with Crippen molar-refractivity contribution in [3.05, 3.63) is 47.3 Å². The molecular formula is C14H8N2OS. The number of fused-ring (bicyclic) bond motifs is 1. The van der Waals surface area contributed by atoms with E-state index < -0.39 is 0 Å². The van der Waals surface area contributed by atoms with E-state index in [-0.39, 0.29) is 5.75 Å². The van der Waals surface area contributed by atoms with Crippen LogP contribution in [0.25, 0.3) is 21.5 Å². The first-order chi connectivity index (χ1) is 8.76. The SMILES string of the molecule is N#Cc1ccc(-c2ccc3cc(O)ccc3n2)s1. The van der Waals surface area contributed by atoms with Crippen LogP contribution in [0.2, 0.25) is 0 Å². The zero-order chi connectivity index (χ0) is 12.5. The number of aromatic hydroxyl groups is 1. The summed E-state index contributed by atoms with van der Waals surface area (Å²) in [6, 6.07) is 14.7. The van der Waals surface area contributed by atoms with Crippen molar-refractivity contribution >= 4 is 22.2 Å². The smallest absolute Gasteiger partial charge is 0.116 e. The van der Waals surface area contributed by atoms with Crippen molar-refractivity contribution in [3.63, 3.8) is 0 Å². The highest BCUT2D eigenvalue weighted by atomic mass is 32.1. The first kappa shape index (κ1) is 10.8. The van der Waals surface area contributed by atoms with Crippen molar-refractivity contribution in [2.75, 3.05) is 0 Å². The third kappa shape index (κ3) is 1.81. The molecular weight excluding hydrogens is 244 g/mol. The maximum Gasteiger partial charge on any atom is 0.116 e. The summed E-state index contributed by atoms with van der Waals surface area (Å²) in [4.78, 5) is 6.18. The Kier molecular flexibility index (Phi) is 2.47. The molecule has 0 radical (unpaired) electrons. The predicted octanol–water partition coefficient (Wildman–Crippen LogP) is 3.54. The number of nitriles is 1. The molecule has 1 aromatic carbocycles. The van der Waals surface area contributed by atoms with Gasteiger partial charge in [0, 0.05) is 5.39 Å². The molecule has 0 aliphatic rings. The fraction of sp³-hybridized carbons (Fsp3) is 0. The van der Waals surface area contributed by atoms with Gasteiger partial charge in [0.2, 0.25) is 0 Å². The summed E-state index contributed by atoms with van der Waals surface area (Å²) in [6.45, 7) is 0. The summed E-state index contributed by atoms with van der Waals surface area (Å²) < 4.78 is 0. The maximum atomic E-state index is 9.39. The topological polar surface area (TPSA) is 56.9 Å². The number of hydrogen-bond donors (Lipinski definition) is 1. The van der Waals surface area contributed by atoms with Crippen LogP contribution in [0.4, 0.5) is 0 Å². The molecule has 3 aromatic rings. The fourth-order valence-electron chi connectivity index (χ4n) is 1.79. The lowest BCUT2D eigenvalue weighted by atomic mass is 10.2. The van der Waals surface area contributed by atoms with Crippen molar-refractivity contribution in [1.82, 2.24) is 4.98 Å². The molecule has 3 nitrogen and oxygen atoms in total. The Bertz CT molecular complexity index is 771.